The molecule has 0 bridgehead atoms. The van der Waals surface area contributed by atoms with Gasteiger partial charge in [-0.2, -0.15) is 0 Å². The molecule has 0 radical (unpaired) electrons. The van der Waals surface area contributed by atoms with E-state index in [1.807, 2.05) is 0 Å². The van der Waals surface area contributed by atoms with E-state index in [0.717, 1.165) is 17.0 Å². The molecule has 19 heavy (non-hydrogen) atoms. The Kier molecular flexibility index (Phi) is 2.56. The van der Waals surface area contributed by atoms with E-state index >= 15 is 0 Å². The van der Waals surface area contributed by atoms with Crippen molar-refractivity contribution in [1.82, 2.24) is 0 Å². The van der Waals surface area contributed by atoms with Crippen LogP contribution in [0.2, 0.25) is 0 Å². The molecule has 0 aliphatic carbocycles. The van der Waals surface area contributed by atoms with Crippen LogP contribution in [0.25, 0.3) is 22.1 Å². The van der Waals surface area contributed by atoms with E-state index in [1.165, 1.54) is 12.1 Å². The summed E-state index contributed by atoms with van der Waals surface area (Å²) in [5, 5.41) is 9.79. The number of hydrogen-bond acceptors (Lipinski definition) is 2. The maximum Gasteiger partial charge on any atom is 0.335 e. The van der Waals surface area contributed by atoms with Crippen molar-refractivity contribution in [1.29, 1.82) is 0 Å². The Labute approximate surface area is 107 Å². The summed E-state index contributed by atoms with van der Waals surface area (Å²) < 4.78 is 18.8. The van der Waals surface area contributed by atoms with Gasteiger partial charge in [0.05, 0.1) is 11.8 Å². The van der Waals surface area contributed by atoms with Gasteiger partial charge in [0.2, 0.25) is 0 Å². The number of halogens is 1. The molecule has 4 heteroatoms. The summed E-state index contributed by atoms with van der Waals surface area (Å²) in [5.74, 6) is -1.73. The van der Waals surface area contributed by atoms with Gasteiger partial charge in [0.1, 0.15) is 11.4 Å². The van der Waals surface area contributed by atoms with Gasteiger partial charge in [0.15, 0.2) is 0 Å². The highest BCUT2D eigenvalue weighted by atomic mass is 19.1. The Morgan fingerprint density at radius 1 is 1.16 bits per heavy atom. The van der Waals surface area contributed by atoms with Crippen molar-refractivity contribution in [2.45, 2.75) is 0 Å². The highest BCUT2D eigenvalue weighted by molar-refractivity contribution is 5.96. The lowest BCUT2D eigenvalue weighted by atomic mass is 10.00. The van der Waals surface area contributed by atoms with Crippen molar-refractivity contribution in [3.05, 3.63) is 60.1 Å². The molecule has 1 heterocycles. The van der Waals surface area contributed by atoms with Crippen LogP contribution in [0.4, 0.5) is 4.39 Å². The zero-order valence-corrected chi connectivity index (χ0v) is 9.76. The Balaban J connectivity index is 2.26. The van der Waals surface area contributed by atoms with Crippen LogP contribution in [0, 0.1) is 5.82 Å². The molecular weight excluding hydrogens is 247 g/mol. The van der Waals surface area contributed by atoms with E-state index in [-0.39, 0.29) is 5.56 Å². The van der Waals surface area contributed by atoms with Crippen LogP contribution < -0.4 is 0 Å². The van der Waals surface area contributed by atoms with E-state index in [4.69, 9.17) is 9.52 Å². The standard InChI is InChI=1S/C15H9FO3/c16-11-7-9(6-10(8-11)15(17)18)12-2-1-3-14-13(12)4-5-19-14/h1-8H,(H,17,18). The molecule has 0 amide bonds. The molecule has 0 atom stereocenters. The first-order chi connectivity index (χ1) is 9.15. The molecule has 0 unspecified atom stereocenters. The summed E-state index contributed by atoms with van der Waals surface area (Å²) in [4.78, 5) is 11.0. The number of furan rings is 1. The Bertz CT molecular complexity index is 774. The second-order valence-electron chi connectivity index (χ2n) is 4.17. The maximum atomic E-state index is 13.5. The lowest BCUT2D eigenvalue weighted by Crippen LogP contribution is -1.97. The molecule has 1 N–H and O–H groups in total. The molecule has 1 aromatic heterocycles. The molecule has 2 aromatic carbocycles. The first kappa shape index (κ1) is 11.5. The fourth-order valence-corrected chi connectivity index (χ4v) is 2.11. The smallest absolute Gasteiger partial charge is 0.335 e. The number of aromatic carboxylic acids is 1. The van der Waals surface area contributed by atoms with Crippen molar-refractivity contribution in [2.24, 2.45) is 0 Å². The van der Waals surface area contributed by atoms with Crippen LogP contribution in [0.3, 0.4) is 0 Å². The molecule has 0 fully saturated rings. The average molecular weight is 256 g/mol. The quantitative estimate of drug-likeness (QED) is 0.755. The van der Waals surface area contributed by atoms with E-state index in [0.29, 0.717) is 11.1 Å². The SMILES string of the molecule is O=C(O)c1cc(F)cc(-c2cccc3occc23)c1. The zero-order valence-electron chi connectivity index (χ0n) is 9.76. The number of carboxylic acids is 1. The van der Waals surface area contributed by atoms with Crippen LogP contribution in [0.1, 0.15) is 10.4 Å². The fourth-order valence-electron chi connectivity index (χ4n) is 2.11. The third-order valence-electron chi connectivity index (χ3n) is 2.95. The van der Waals surface area contributed by atoms with Gasteiger partial charge in [0, 0.05) is 5.39 Å². The summed E-state index contributed by atoms with van der Waals surface area (Å²) >= 11 is 0. The van der Waals surface area contributed by atoms with E-state index < -0.39 is 11.8 Å². The summed E-state index contributed by atoms with van der Waals surface area (Å²) in [5.41, 5.74) is 1.87. The van der Waals surface area contributed by atoms with Gasteiger partial charge in [-0.25, -0.2) is 9.18 Å². The second-order valence-corrected chi connectivity index (χ2v) is 4.17. The normalized spacial score (nSPS) is 10.8. The van der Waals surface area contributed by atoms with Crippen LogP contribution in [-0.2, 0) is 0 Å². The molecule has 94 valence electrons. The summed E-state index contributed by atoms with van der Waals surface area (Å²) in [6, 6.07) is 10.9. The van der Waals surface area contributed by atoms with Crippen molar-refractivity contribution in [2.75, 3.05) is 0 Å². The number of hydrogen-bond donors (Lipinski definition) is 1. The Morgan fingerprint density at radius 3 is 2.79 bits per heavy atom. The Hall–Kier alpha value is -2.62. The predicted molar refractivity (Wildman–Crippen MR) is 68.6 cm³/mol. The van der Waals surface area contributed by atoms with Crippen LogP contribution in [-0.4, -0.2) is 11.1 Å². The van der Waals surface area contributed by atoms with Crippen LogP contribution >= 0.6 is 0 Å². The molecule has 0 spiro atoms. The van der Waals surface area contributed by atoms with Gasteiger partial charge in [-0.1, -0.05) is 12.1 Å². The number of carbonyl (C=O) groups is 1. The molecule has 0 saturated heterocycles. The average Bonchev–Trinajstić information content (AvgIpc) is 2.85. The van der Waals surface area contributed by atoms with Gasteiger partial charge in [-0.05, 0) is 41.5 Å². The van der Waals surface area contributed by atoms with E-state index in [2.05, 4.69) is 0 Å². The minimum atomic E-state index is -1.15. The van der Waals surface area contributed by atoms with Crippen molar-refractivity contribution in [3.8, 4) is 11.1 Å². The lowest BCUT2D eigenvalue weighted by Gasteiger charge is -2.05. The van der Waals surface area contributed by atoms with Gasteiger partial charge in [-0.15, -0.1) is 0 Å². The summed E-state index contributed by atoms with van der Waals surface area (Å²) in [6.07, 6.45) is 1.55. The Morgan fingerprint density at radius 2 is 2.00 bits per heavy atom. The van der Waals surface area contributed by atoms with Gasteiger partial charge < -0.3 is 9.52 Å². The lowest BCUT2D eigenvalue weighted by molar-refractivity contribution is 0.0696. The van der Waals surface area contributed by atoms with E-state index in [1.54, 1.807) is 30.5 Å². The van der Waals surface area contributed by atoms with Crippen LogP contribution in [0.15, 0.2) is 53.1 Å². The molecular formula is C15H9FO3. The molecule has 3 aromatic rings. The minimum absolute atomic E-state index is 0.0736. The fraction of sp³-hybridized carbons (Fsp3) is 0. The number of rotatable bonds is 2. The highest BCUT2D eigenvalue weighted by Crippen LogP contribution is 2.30. The molecule has 3 rings (SSSR count). The van der Waals surface area contributed by atoms with Crippen LogP contribution in [0.5, 0.6) is 0 Å². The van der Waals surface area contributed by atoms with Crippen molar-refractivity contribution < 1.29 is 18.7 Å². The van der Waals surface area contributed by atoms with Crippen molar-refractivity contribution in [3.63, 3.8) is 0 Å². The molecule has 0 aliphatic rings. The van der Waals surface area contributed by atoms with Gasteiger partial charge in [0.25, 0.3) is 0 Å². The first-order valence-corrected chi connectivity index (χ1v) is 5.65. The van der Waals surface area contributed by atoms with Gasteiger partial charge in [-0.3, -0.25) is 0 Å². The summed E-state index contributed by atoms with van der Waals surface area (Å²) in [7, 11) is 0. The largest absolute Gasteiger partial charge is 0.478 e. The molecule has 3 nitrogen and oxygen atoms in total. The van der Waals surface area contributed by atoms with Crippen molar-refractivity contribution >= 4 is 16.9 Å². The monoisotopic (exact) mass is 256 g/mol. The second kappa shape index (κ2) is 4.24. The third-order valence-corrected chi connectivity index (χ3v) is 2.95. The maximum absolute atomic E-state index is 13.5. The predicted octanol–water partition coefficient (Wildman–Crippen LogP) is 3.94. The number of carboxylic acid groups (broad SMARTS) is 1. The highest BCUT2D eigenvalue weighted by Gasteiger charge is 2.11. The third kappa shape index (κ3) is 1.97. The molecule has 0 aliphatic heterocycles. The zero-order chi connectivity index (χ0) is 13.4. The minimum Gasteiger partial charge on any atom is -0.478 e. The number of fused-ring (bicyclic) bond motifs is 1. The first-order valence-electron chi connectivity index (χ1n) is 5.65. The topological polar surface area (TPSA) is 50.4 Å². The summed E-state index contributed by atoms with van der Waals surface area (Å²) in [6.45, 7) is 0. The number of benzene rings is 2. The van der Waals surface area contributed by atoms with E-state index in [9.17, 15) is 9.18 Å². The van der Waals surface area contributed by atoms with Gasteiger partial charge >= 0.3 is 5.97 Å². The molecule has 0 saturated carbocycles.